The number of anilines is 1. The summed E-state index contributed by atoms with van der Waals surface area (Å²) in [4.78, 5) is 32.8. The Morgan fingerprint density at radius 1 is 1.36 bits per heavy atom. The quantitative estimate of drug-likeness (QED) is 0.609. The topological polar surface area (TPSA) is 84.1 Å². The molecule has 0 saturated heterocycles. The molecule has 0 radical (unpaired) electrons. The number of amides is 1. The second-order valence-corrected chi connectivity index (χ2v) is 7.33. The van der Waals surface area contributed by atoms with Crippen molar-refractivity contribution in [1.82, 2.24) is 9.97 Å². The number of nitrogens with one attached hydrogen (secondary N) is 2. The summed E-state index contributed by atoms with van der Waals surface area (Å²) in [6.45, 7) is 3.59. The van der Waals surface area contributed by atoms with Crippen LogP contribution >= 0.6 is 11.3 Å². The highest BCUT2D eigenvalue weighted by atomic mass is 32.1. The highest BCUT2D eigenvalue weighted by molar-refractivity contribution is 7.15. The number of aryl methyl sites for hydroxylation is 1. The normalized spacial score (nSPS) is 10.7. The van der Waals surface area contributed by atoms with Crippen LogP contribution in [0.3, 0.4) is 0 Å². The number of carbonyl (C=O) groups excluding carboxylic acids is 2. The molecule has 0 aliphatic carbocycles. The molecule has 0 atom stereocenters. The zero-order valence-electron chi connectivity index (χ0n) is 15.8. The zero-order chi connectivity index (χ0) is 20.3. The van der Waals surface area contributed by atoms with Crippen LogP contribution in [0, 0.1) is 12.7 Å². The predicted molar refractivity (Wildman–Crippen MR) is 106 cm³/mol. The largest absolute Gasteiger partial charge is 0.465 e. The number of nitrogens with zero attached hydrogens (tertiary/aromatic N) is 1. The number of benzene rings is 1. The lowest BCUT2D eigenvalue weighted by atomic mass is 10.1. The third-order valence-corrected chi connectivity index (χ3v) is 5.25. The summed E-state index contributed by atoms with van der Waals surface area (Å²) < 4.78 is 18.1. The van der Waals surface area contributed by atoms with Gasteiger partial charge in [-0.2, -0.15) is 0 Å². The fraction of sp³-hybridized carbons (Fsp3) is 0.250. The zero-order valence-corrected chi connectivity index (χ0v) is 16.6. The summed E-state index contributed by atoms with van der Waals surface area (Å²) in [7, 11) is 1.31. The summed E-state index contributed by atoms with van der Waals surface area (Å²) in [5.41, 5.74) is 2.72. The van der Waals surface area contributed by atoms with Gasteiger partial charge in [0.05, 0.1) is 12.7 Å². The Labute approximate surface area is 165 Å². The van der Waals surface area contributed by atoms with Gasteiger partial charge in [0, 0.05) is 23.2 Å². The van der Waals surface area contributed by atoms with E-state index in [1.54, 1.807) is 19.2 Å². The summed E-state index contributed by atoms with van der Waals surface area (Å²) in [6, 6.07) is 6.37. The number of aromatic nitrogens is 2. The number of thiazole rings is 1. The van der Waals surface area contributed by atoms with Gasteiger partial charge in [-0.3, -0.25) is 10.1 Å². The van der Waals surface area contributed by atoms with E-state index in [2.05, 4.69) is 15.3 Å². The van der Waals surface area contributed by atoms with Gasteiger partial charge < -0.3 is 9.72 Å². The van der Waals surface area contributed by atoms with Gasteiger partial charge in [-0.25, -0.2) is 14.2 Å². The summed E-state index contributed by atoms with van der Waals surface area (Å²) >= 11 is 1.32. The molecule has 0 fully saturated rings. The monoisotopic (exact) mass is 401 g/mol. The van der Waals surface area contributed by atoms with Crippen LogP contribution in [0.15, 0.2) is 30.5 Å². The number of methoxy groups -OCH3 is 1. The first kappa shape index (κ1) is 19.8. The molecule has 1 aromatic carbocycles. The number of ether oxygens (including phenoxy) is 1. The van der Waals surface area contributed by atoms with Gasteiger partial charge in [0.1, 0.15) is 11.5 Å². The Bertz CT molecular complexity index is 1030. The maximum absolute atomic E-state index is 13.3. The number of esters is 1. The average molecular weight is 401 g/mol. The van der Waals surface area contributed by atoms with Gasteiger partial charge in [-0.05, 0) is 36.6 Å². The second-order valence-electron chi connectivity index (χ2n) is 6.22. The van der Waals surface area contributed by atoms with Crippen molar-refractivity contribution in [3.8, 4) is 0 Å². The number of hydrogen-bond acceptors (Lipinski definition) is 5. The molecule has 28 heavy (non-hydrogen) atoms. The summed E-state index contributed by atoms with van der Waals surface area (Å²) in [6.07, 6.45) is 2.75. The first-order valence-electron chi connectivity index (χ1n) is 8.73. The van der Waals surface area contributed by atoms with E-state index in [4.69, 9.17) is 4.74 Å². The molecule has 2 N–H and O–H groups in total. The molecule has 1 amide bonds. The van der Waals surface area contributed by atoms with E-state index in [0.717, 1.165) is 10.4 Å². The van der Waals surface area contributed by atoms with E-state index in [1.165, 1.54) is 30.6 Å². The molecule has 6 nitrogen and oxygen atoms in total. The van der Waals surface area contributed by atoms with Crippen molar-refractivity contribution in [2.24, 2.45) is 0 Å². The number of rotatable bonds is 6. The van der Waals surface area contributed by atoms with E-state index in [1.807, 2.05) is 13.0 Å². The first-order valence-corrected chi connectivity index (χ1v) is 9.54. The lowest BCUT2D eigenvalue weighted by molar-refractivity contribution is 0.0599. The molecule has 0 spiro atoms. The third kappa shape index (κ3) is 4.12. The van der Waals surface area contributed by atoms with E-state index in [0.29, 0.717) is 40.5 Å². The minimum absolute atomic E-state index is 0.286. The van der Waals surface area contributed by atoms with Crippen molar-refractivity contribution < 1.29 is 18.7 Å². The number of H-pyrrole nitrogens is 1. The van der Waals surface area contributed by atoms with Crippen molar-refractivity contribution in [1.29, 1.82) is 0 Å². The Hall–Kier alpha value is -3.00. The molecule has 146 valence electrons. The maximum atomic E-state index is 13.3. The molecule has 3 aromatic rings. The van der Waals surface area contributed by atoms with Crippen LogP contribution in [0.5, 0.6) is 0 Å². The molecule has 0 aliphatic rings. The third-order valence-electron chi connectivity index (χ3n) is 4.34. The maximum Gasteiger partial charge on any atom is 0.339 e. The lowest BCUT2D eigenvalue weighted by Crippen LogP contribution is -2.13. The van der Waals surface area contributed by atoms with E-state index in [9.17, 15) is 14.0 Å². The van der Waals surface area contributed by atoms with Gasteiger partial charge >= 0.3 is 5.97 Å². The molecule has 0 bridgehead atoms. The van der Waals surface area contributed by atoms with Crippen molar-refractivity contribution in [3.05, 3.63) is 69.2 Å². The van der Waals surface area contributed by atoms with Crippen LogP contribution < -0.4 is 5.32 Å². The lowest BCUT2D eigenvalue weighted by Gasteiger charge is -2.02. The van der Waals surface area contributed by atoms with Crippen molar-refractivity contribution in [3.63, 3.8) is 0 Å². The average Bonchev–Trinajstić information content (AvgIpc) is 3.24. The number of hydrogen-bond donors (Lipinski definition) is 2. The highest BCUT2D eigenvalue weighted by Crippen LogP contribution is 2.24. The smallest absolute Gasteiger partial charge is 0.339 e. The van der Waals surface area contributed by atoms with Crippen LogP contribution in [0.4, 0.5) is 9.52 Å². The second kappa shape index (κ2) is 8.35. The van der Waals surface area contributed by atoms with Crippen LogP contribution in [0.2, 0.25) is 0 Å². The van der Waals surface area contributed by atoms with E-state index in [-0.39, 0.29) is 11.7 Å². The highest BCUT2D eigenvalue weighted by Gasteiger charge is 2.24. The minimum Gasteiger partial charge on any atom is -0.465 e. The Balaban J connectivity index is 1.76. The summed E-state index contributed by atoms with van der Waals surface area (Å²) in [5, 5.41) is 3.18. The Morgan fingerprint density at radius 2 is 2.14 bits per heavy atom. The van der Waals surface area contributed by atoms with Gasteiger partial charge in [0.25, 0.3) is 5.91 Å². The molecule has 2 aromatic heterocycles. The van der Waals surface area contributed by atoms with E-state index >= 15 is 0 Å². The molecule has 0 unspecified atom stereocenters. The summed E-state index contributed by atoms with van der Waals surface area (Å²) in [5.74, 6) is -1.14. The number of halogens is 1. The van der Waals surface area contributed by atoms with Crippen LogP contribution in [-0.4, -0.2) is 29.0 Å². The molecule has 8 heteroatoms. The standard InChI is InChI=1S/C20H20FN3O3S/c1-4-15-16(19(26)27-3)11(2)17(23-15)18(25)24-20-22-10-14(28-20)9-12-6-5-7-13(21)8-12/h5-8,10,23H,4,9H2,1-3H3,(H,22,24,25). The Kier molecular flexibility index (Phi) is 5.89. The molecule has 3 rings (SSSR count). The van der Waals surface area contributed by atoms with Gasteiger partial charge in [0.15, 0.2) is 5.13 Å². The molecular weight excluding hydrogens is 381 g/mol. The molecule has 2 heterocycles. The van der Waals surface area contributed by atoms with Crippen LogP contribution in [0.25, 0.3) is 0 Å². The SMILES string of the molecule is CCc1[nH]c(C(=O)Nc2ncc(Cc3cccc(F)c3)s2)c(C)c1C(=O)OC. The Morgan fingerprint density at radius 3 is 2.82 bits per heavy atom. The number of carbonyl (C=O) groups is 2. The first-order chi connectivity index (χ1) is 13.4. The van der Waals surface area contributed by atoms with Gasteiger partial charge in [-0.15, -0.1) is 11.3 Å². The molecular formula is C20H20FN3O3S. The van der Waals surface area contributed by atoms with E-state index < -0.39 is 5.97 Å². The fourth-order valence-corrected chi connectivity index (χ4v) is 3.83. The van der Waals surface area contributed by atoms with Crippen LogP contribution in [-0.2, 0) is 17.6 Å². The number of aromatic amines is 1. The van der Waals surface area contributed by atoms with Crippen molar-refractivity contribution in [2.45, 2.75) is 26.7 Å². The van der Waals surface area contributed by atoms with Crippen LogP contribution in [0.1, 0.15) is 49.5 Å². The van der Waals surface area contributed by atoms with Crippen molar-refractivity contribution >= 4 is 28.3 Å². The van der Waals surface area contributed by atoms with Gasteiger partial charge in [-0.1, -0.05) is 19.1 Å². The fourth-order valence-electron chi connectivity index (χ4n) is 2.98. The predicted octanol–water partition coefficient (Wildman–Crippen LogP) is 4.11. The molecule has 0 aliphatic heterocycles. The minimum atomic E-state index is -0.476. The van der Waals surface area contributed by atoms with Crippen molar-refractivity contribution in [2.75, 3.05) is 12.4 Å². The molecule has 0 saturated carbocycles. The van der Waals surface area contributed by atoms with Gasteiger partial charge in [0.2, 0.25) is 0 Å².